The summed E-state index contributed by atoms with van der Waals surface area (Å²) in [6.45, 7) is 0. The average Bonchev–Trinajstić information content (AvgIpc) is 1.38. The lowest BCUT2D eigenvalue weighted by Crippen LogP contribution is -1.93. The van der Waals surface area contributed by atoms with E-state index in [1.807, 2.05) is 0 Å². The molecule has 0 fully saturated rings. The van der Waals surface area contributed by atoms with E-state index in [0.29, 0.717) is 0 Å². The zero-order valence-corrected chi connectivity index (χ0v) is 2.82. The second kappa shape index (κ2) is 1.70. The Kier molecular flexibility index (Phi) is 1.50. The summed E-state index contributed by atoms with van der Waals surface area (Å²) in [4.78, 5) is 18.4. The van der Waals surface area contributed by atoms with Crippen LogP contribution in [-0.2, 0) is 9.59 Å². The van der Waals surface area contributed by atoms with Crippen LogP contribution in [0.15, 0.2) is 0 Å². The van der Waals surface area contributed by atoms with Crippen LogP contribution in [0.3, 0.4) is 0 Å². The lowest BCUT2D eigenvalue weighted by Gasteiger charge is -1.54. The average molecular weight is 68.8 g/mol. The van der Waals surface area contributed by atoms with Gasteiger partial charge >= 0.3 is 0 Å². The minimum absolute atomic E-state index is 0.551. The summed E-state index contributed by atoms with van der Waals surface area (Å²) in [6, 6.07) is 0. The van der Waals surface area contributed by atoms with Gasteiger partial charge in [-0.25, -0.2) is 0 Å². The fourth-order valence-electron chi connectivity index (χ4n) is 0. The molecule has 0 spiro atoms. The number of carbonyl (C=O) groups is 1. The van der Waals surface area contributed by atoms with Crippen molar-refractivity contribution < 1.29 is 9.59 Å². The monoisotopic (exact) mass is 69.0 g/mol. The highest BCUT2D eigenvalue weighted by Gasteiger charge is 1.79. The molecule has 5 heavy (non-hydrogen) atoms. The summed E-state index contributed by atoms with van der Waals surface area (Å²) in [5, 5.41) is 0. The first-order valence-electron chi connectivity index (χ1n) is 1.16. The van der Waals surface area contributed by atoms with Crippen LogP contribution >= 0.6 is 0 Å². The van der Waals surface area contributed by atoms with Gasteiger partial charge in [0, 0.05) is 0 Å². The van der Waals surface area contributed by atoms with E-state index in [0.717, 1.165) is 14.1 Å². The van der Waals surface area contributed by atoms with Crippen molar-refractivity contribution >= 4 is 19.8 Å². The summed E-state index contributed by atoms with van der Waals surface area (Å²) >= 11 is 0. The Morgan fingerprint density at radius 2 is 2.00 bits per heavy atom. The van der Waals surface area contributed by atoms with E-state index < -0.39 is 5.68 Å². The number of hydrogen-bond donors (Lipinski definition) is 0. The van der Waals surface area contributed by atoms with Crippen LogP contribution < -0.4 is 0 Å². The third-order valence-electron chi connectivity index (χ3n) is 0.144. The van der Waals surface area contributed by atoms with Crippen LogP contribution in [0.5, 0.6) is 0 Å². The highest BCUT2D eigenvalue weighted by Crippen LogP contribution is 1.38. The second-order valence-electron chi connectivity index (χ2n) is 0.658. The Labute approximate surface area is 30.6 Å². The SMILES string of the molecule is BC(=O)[C]=O. The third-order valence-corrected chi connectivity index (χ3v) is 0.144. The smallest absolute Gasteiger partial charge is 0.260 e. The molecule has 0 aliphatic heterocycles. The topological polar surface area (TPSA) is 34.1 Å². The Hall–Kier alpha value is -0.595. The molecule has 2 nitrogen and oxygen atoms in total. The minimum Gasteiger partial charge on any atom is -0.303 e. The van der Waals surface area contributed by atoms with Gasteiger partial charge in [0.05, 0.1) is 0 Å². The van der Waals surface area contributed by atoms with E-state index in [9.17, 15) is 4.79 Å². The summed E-state index contributed by atoms with van der Waals surface area (Å²) in [5.74, 6) is 0. The summed E-state index contributed by atoms with van der Waals surface area (Å²) in [7, 11) is 1.16. The maximum Gasteiger partial charge on any atom is 0.260 e. The van der Waals surface area contributed by atoms with Crippen LogP contribution in [0.25, 0.3) is 0 Å². The second-order valence-corrected chi connectivity index (χ2v) is 0.658. The molecule has 0 aromatic heterocycles. The maximum atomic E-state index is 9.39. The molecular weight excluding hydrogens is 66.8 g/mol. The van der Waals surface area contributed by atoms with Crippen molar-refractivity contribution in [1.29, 1.82) is 0 Å². The van der Waals surface area contributed by atoms with Gasteiger partial charge in [-0.2, -0.15) is 0 Å². The molecule has 0 aliphatic rings. The normalized spacial score (nSPS) is 6.40. The molecule has 0 amide bonds. The molecule has 0 N–H and O–H groups in total. The van der Waals surface area contributed by atoms with Gasteiger partial charge in [-0.15, -0.1) is 0 Å². The first kappa shape index (κ1) is 4.40. The van der Waals surface area contributed by atoms with Gasteiger partial charge in [0.15, 0.2) is 13.5 Å². The van der Waals surface area contributed by atoms with E-state index in [-0.39, 0.29) is 0 Å². The van der Waals surface area contributed by atoms with E-state index >= 15 is 0 Å². The van der Waals surface area contributed by atoms with Crippen molar-refractivity contribution in [1.82, 2.24) is 0 Å². The Bertz CT molecular complexity index is 58.7. The fourth-order valence-corrected chi connectivity index (χ4v) is 0. The van der Waals surface area contributed by atoms with Crippen molar-refractivity contribution in [2.75, 3.05) is 0 Å². The minimum atomic E-state index is -0.551. The van der Waals surface area contributed by atoms with E-state index in [1.54, 1.807) is 0 Å². The fraction of sp³-hybridized carbons (Fsp3) is 0. The molecule has 0 unspecified atom stereocenters. The van der Waals surface area contributed by atoms with Crippen LogP contribution in [0.4, 0.5) is 0 Å². The summed E-state index contributed by atoms with van der Waals surface area (Å²) in [6.07, 6.45) is 1.14. The molecule has 1 radical (unpaired) electrons. The van der Waals surface area contributed by atoms with Crippen molar-refractivity contribution in [2.24, 2.45) is 0 Å². The first-order chi connectivity index (χ1) is 2.27. The van der Waals surface area contributed by atoms with Crippen molar-refractivity contribution in [2.45, 2.75) is 0 Å². The van der Waals surface area contributed by atoms with Gasteiger partial charge in [-0.05, 0) is 0 Å². The molecule has 25 valence electrons. The zero-order chi connectivity index (χ0) is 4.28. The first-order valence-corrected chi connectivity index (χ1v) is 1.16. The van der Waals surface area contributed by atoms with Gasteiger partial charge in [0.1, 0.15) is 0 Å². The van der Waals surface area contributed by atoms with Gasteiger partial charge in [-0.3, -0.25) is 4.79 Å². The number of rotatable bonds is 1. The van der Waals surface area contributed by atoms with E-state index in [2.05, 4.69) is 0 Å². The van der Waals surface area contributed by atoms with E-state index in [4.69, 9.17) is 4.79 Å². The van der Waals surface area contributed by atoms with Gasteiger partial charge in [-0.1, -0.05) is 0 Å². The molecule has 0 atom stereocenters. The Balaban J connectivity index is 3.20. The third kappa shape index (κ3) is 3.40. The van der Waals surface area contributed by atoms with Crippen LogP contribution in [0, 0.1) is 0 Å². The molecule has 0 aliphatic carbocycles. The van der Waals surface area contributed by atoms with Gasteiger partial charge < -0.3 is 4.79 Å². The van der Waals surface area contributed by atoms with Crippen LogP contribution in [-0.4, -0.2) is 19.8 Å². The predicted molar refractivity (Wildman–Crippen MR) is 19.2 cm³/mol. The number of carbonyl (C=O) groups excluding carboxylic acids is 2. The summed E-state index contributed by atoms with van der Waals surface area (Å²) < 4.78 is 0. The standard InChI is InChI=1S/C2H2BO2/c3-2(5)1-4/h3H2. The Morgan fingerprint density at radius 1 is 1.80 bits per heavy atom. The predicted octanol–water partition coefficient (Wildman–Crippen LogP) is -1.74. The maximum absolute atomic E-state index is 9.39. The largest absolute Gasteiger partial charge is 0.303 e. The molecular formula is C2H2BO2. The van der Waals surface area contributed by atoms with Crippen molar-refractivity contribution in [3.63, 3.8) is 0 Å². The molecule has 0 saturated carbocycles. The molecule has 0 aromatic rings. The molecule has 0 saturated heterocycles. The highest BCUT2D eigenvalue weighted by atomic mass is 16.2. The highest BCUT2D eigenvalue weighted by molar-refractivity contribution is 6.72. The molecule has 3 heteroatoms. The number of hydrogen-bond acceptors (Lipinski definition) is 2. The van der Waals surface area contributed by atoms with E-state index in [1.165, 1.54) is 0 Å². The van der Waals surface area contributed by atoms with Gasteiger partial charge in [0.25, 0.3) is 6.29 Å². The molecule has 0 bridgehead atoms. The van der Waals surface area contributed by atoms with Crippen LogP contribution in [0.1, 0.15) is 0 Å². The molecule has 0 rings (SSSR count). The summed E-state index contributed by atoms with van der Waals surface area (Å²) in [5.41, 5.74) is -0.551. The lowest BCUT2D eigenvalue weighted by molar-refractivity contribution is -0.106. The quantitative estimate of drug-likeness (QED) is 0.270. The van der Waals surface area contributed by atoms with Crippen molar-refractivity contribution in [3.05, 3.63) is 0 Å². The van der Waals surface area contributed by atoms with Crippen LogP contribution in [0.2, 0.25) is 0 Å². The Morgan fingerprint density at radius 3 is 2.00 bits per heavy atom. The zero-order valence-electron chi connectivity index (χ0n) is 2.82. The van der Waals surface area contributed by atoms with Gasteiger partial charge in [0.2, 0.25) is 0 Å². The van der Waals surface area contributed by atoms with Crippen molar-refractivity contribution in [3.8, 4) is 0 Å². The molecule has 0 aromatic carbocycles. The lowest BCUT2D eigenvalue weighted by atomic mass is 10.1. The molecule has 0 heterocycles.